The van der Waals surface area contributed by atoms with Crippen molar-refractivity contribution >= 4 is 17.6 Å². The maximum Gasteiger partial charge on any atom is 0.322 e. The molecule has 3 amide bonds. The molecule has 0 spiro atoms. The molecule has 0 atom stereocenters. The van der Waals surface area contributed by atoms with Gasteiger partial charge in [0.2, 0.25) is 5.91 Å². The summed E-state index contributed by atoms with van der Waals surface area (Å²) in [6.07, 6.45) is 2.30. The number of hydrogen-bond acceptors (Lipinski definition) is 4. The number of carbonyl (C=O) groups is 2. The van der Waals surface area contributed by atoms with Crippen LogP contribution in [0.4, 0.5) is 10.5 Å². The number of ether oxygens (including phenoxy) is 1. The maximum absolute atomic E-state index is 13.4. The molecule has 3 aromatic rings. The minimum Gasteiger partial charge on any atom is -0.467 e. The molecule has 0 saturated heterocycles. The van der Waals surface area contributed by atoms with E-state index in [1.807, 2.05) is 60.7 Å². The number of hydrogen-bond donors (Lipinski definition) is 1. The summed E-state index contributed by atoms with van der Waals surface area (Å²) in [6.45, 7) is 5.67. The topological polar surface area (TPSA) is 75.0 Å². The Kier molecular flexibility index (Phi) is 9.93. The van der Waals surface area contributed by atoms with Crippen molar-refractivity contribution in [2.24, 2.45) is 0 Å². The summed E-state index contributed by atoms with van der Waals surface area (Å²) in [6, 6.07) is 21.1. The molecule has 0 unspecified atom stereocenters. The summed E-state index contributed by atoms with van der Waals surface area (Å²) >= 11 is 0. The van der Waals surface area contributed by atoms with Crippen molar-refractivity contribution < 1.29 is 18.7 Å². The number of urea groups is 1. The fourth-order valence-corrected chi connectivity index (χ4v) is 3.66. The molecule has 186 valence electrons. The van der Waals surface area contributed by atoms with E-state index in [2.05, 4.69) is 19.2 Å². The largest absolute Gasteiger partial charge is 0.467 e. The van der Waals surface area contributed by atoms with Crippen LogP contribution in [0.15, 0.2) is 77.4 Å². The van der Waals surface area contributed by atoms with Crippen LogP contribution in [-0.4, -0.2) is 55.1 Å². The van der Waals surface area contributed by atoms with Crippen molar-refractivity contribution in [2.45, 2.75) is 32.7 Å². The number of nitrogens with zero attached hydrogens (tertiary/aromatic N) is 2. The lowest BCUT2D eigenvalue weighted by atomic mass is 10.0. The van der Waals surface area contributed by atoms with Crippen LogP contribution < -0.4 is 5.32 Å². The summed E-state index contributed by atoms with van der Waals surface area (Å²) in [5.41, 5.74) is 3.02. The minimum atomic E-state index is -0.339. The van der Waals surface area contributed by atoms with Crippen LogP contribution in [0.1, 0.15) is 36.7 Å². The molecule has 7 nitrogen and oxygen atoms in total. The number of amides is 3. The van der Waals surface area contributed by atoms with Gasteiger partial charge in [0.05, 0.1) is 19.4 Å². The van der Waals surface area contributed by atoms with Crippen LogP contribution in [0.25, 0.3) is 0 Å². The second-order valence-electron chi connectivity index (χ2n) is 8.75. The third-order valence-corrected chi connectivity index (χ3v) is 5.80. The normalized spacial score (nSPS) is 10.9. The van der Waals surface area contributed by atoms with Crippen LogP contribution in [0, 0.1) is 0 Å². The van der Waals surface area contributed by atoms with Gasteiger partial charge in [-0.05, 0) is 47.7 Å². The van der Waals surface area contributed by atoms with Gasteiger partial charge < -0.3 is 24.3 Å². The first kappa shape index (κ1) is 26.0. The van der Waals surface area contributed by atoms with E-state index < -0.39 is 0 Å². The highest BCUT2D eigenvalue weighted by Crippen LogP contribution is 2.17. The Morgan fingerprint density at radius 1 is 0.943 bits per heavy atom. The molecule has 0 bridgehead atoms. The van der Waals surface area contributed by atoms with Crippen molar-refractivity contribution in [1.29, 1.82) is 0 Å². The smallest absolute Gasteiger partial charge is 0.322 e. The van der Waals surface area contributed by atoms with Crippen LogP contribution in [0.3, 0.4) is 0 Å². The Labute approximate surface area is 207 Å². The molecule has 3 rings (SSSR count). The van der Waals surface area contributed by atoms with E-state index in [-0.39, 0.29) is 18.5 Å². The van der Waals surface area contributed by atoms with Gasteiger partial charge in [0, 0.05) is 25.9 Å². The predicted molar refractivity (Wildman–Crippen MR) is 137 cm³/mol. The number of anilines is 1. The minimum absolute atomic E-state index is 0.0607. The third-order valence-electron chi connectivity index (χ3n) is 5.80. The Morgan fingerprint density at radius 3 is 2.31 bits per heavy atom. The molecule has 0 saturated carbocycles. The molecule has 0 aliphatic rings. The average Bonchev–Trinajstić information content (AvgIpc) is 3.38. The number of nitrogens with one attached hydrogen (secondary N) is 1. The average molecular weight is 478 g/mol. The summed E-state index contributed by atoms with van der Waals surface area (Å²) < 4.78 is 10.7. The van der Waals surface area contributed by atoms with Gasteiger partial charge >= 0.3 is 6.03 Å². The van der Waals surface area contributed by atoms with Gasteiger partial charge in [0.15, 0.2) is 0 Å². The van der Waals surface area contributed by atoms with Gasteiger partial charge in [0.1, 0.15) is 12.3 Å². The van der Waals surface area contributed by atoms with Crippen LogP contribution in [0.2, 0.25) is 0 Å². The molecule has 0 aliphatic heterocycles. The van der Waals surface area contributed by atoms with Crippen molar-refractivity contribution in [3.63, 3.8) is 0 Å². The van der Waals surface area contributed by atoms with Crippen LogP contribution >= 0.6 is 0 Å². The predicted octanol–water partition coefficient (Wildman–Crippen LogP) is 5.15. The van der Waals surface area contributed by atoms with E-state index in [1.54, 1.807) is 24.3 Å². The molecule has 1 N–H and O–H groups in total. The first-order valence-corrected chi connectivity index (χ1v) is 11.9. The molecule has 0 radical (unpaired) electrons. The lowest BCUT2D eigenvalue weighted by molar-refractivity contribution is -0.132. The first-order valence-electron chi connectivity index (χ1n) is 11.9. The second-order valence-corrected chi connectivity index (χ2v) is 8.75. The number of benzene rings is 2. The van der Waals surface area contributed by atoms with Crippen LogP contribution in [0.5, 0.6) is 0 Å². The highest BCUT2D eigenvalue weighted by atomic mass is 16.5. The van der Waals surface area contributed by atoms with Crippen molar-refractivity contribution in [3.8, 4) is 0 Å². The summed E-state index contributed by atoms with van der Waals surface area (Å²) in [5.74, 6) is 0.954. The Morgan fingerprint density at radius 2 is 1.69 bits per heavy atom. The molecule has 35 heavy (non-hydrogen) atoms. The van der Waals surface area contributed by atoms with Gasteiger partial charge in [-0.2, -0.15) is 0 Å². The van der Waals surface area contributed by atoms with Gasteiger partial charge in [-0.15, -0.1) is 0 Å². The van der Waals surface area contributed by atoms with E-state index in [0.717, 1.165) is 5.56 Å². The standard InChI is InChI=1S/C28H35N3O4/c1-22(2)24-11-13-25(14-12-24)29-28(33)31(17-19-34-3)21-27(32)30(20-26-10-7-18-35-26)16-15-23-8-5-4-6-9-23/h4-14,18,22H,15-17,19-21H2,1-3H3,(H,29,33). The summed E-state index contributed by atoms with van der Waals surface area (Å²) in [7, 11) is 1.58. The molecular weight excluding hydrogens is 442 g/mol. The number of methoxy groups -OCH3 is 1. The van der Waals surface area contributed by atoms with Gasteiger partial charge in [-0.25, -0.2) is 4.79 Å². The Bertz CT molecular complexity index is 1030. The molecule has 1 heterocycles. The van der Waals surface area contributed by atoms with Crippen molar-refractivity contribution in [1.82, 2.24) is 9.80 Å². The first-order chi connectivity index (χ1) is 17.0. The van der Waals surface area contributed by atoms with Crippen molar-refractivity contribution in [2.75, 3.05) is 38.7 Å². The lowest BCUT2D eigenvalue weighted by Gasteiger charge is -2.27. The molecule has 1 aromatic heterocycles. The fourth-order valence-electron chi connectivity index (χ4n) is 3.66. The number of rotatable bonds is 12. The highest BCUT2D eigenvalue weighted by Gasteiger charge is 2.22. The number of carbonyl (C=O) groups excluding carboxylic acids is 2. The van der Waals surface area contributed by atoms with E-state index in [1.165, 1.54) is 10.5 Å². The zero-order valence-corrected chi connectivity index (χ0v) is 20.8. The summed E-state index contributed by atoms with van der Waals surface area (Å²) in [4.78, 5) is 29.6. The SMILES string of the molecule is COCCN(CC(=O)N(CCc1ccccc1)Cc1ccco1)C(=O)Nc1ccc(C(C)C)cc1. The van der Waals surface area contributed by atoms with Crippen molar-refractivity contribution in [3.05, 3.63) is 89.9 Å². The molecular formula is C28H35N3O4. The second kappa shape index (κ2) is 13.3. The Balaban J connectivity index is 1.68. The molecule has 2 aromatic carbocycles. The van der Waals surface area contributed by atoms with E-state index in [0.29, 0.717) is 50.0 Å². The van der Waals surface area contributed by atoms with E-state index in [4.69, 9.17) is 9.15 Å². The zero-order chi connectivity index (χ0) is 25.0. The fraction of sp³-hybridized carbons (Fsp3) is 0.357. The molecule has 7 heteroatoms. The van der Waals surface area contributed by atoms with Gasteiger partial charge in [0.25, 0.3) is 0 Å². The monoisotopic (exact) mass is 477 g/mol. The quantitative estimate of drug-likeness (QED) is 0.391. The molecule has 0 aliphatic carbocycles. The maximum atomic E-state index is 13.4. The summed E-state index contributed by atoms with van der Waals surface area (Å²) in [5, 5.41) is 2.91. The van der Waals surface area contributed by atoms with E-state index >= 15 is 0 Å². The number of furan rings is 1. The highest BCUT2D eigenvalue weighted by molar-refractivity contribution is 5.92. The lowest BCUT2D eigenvalue weighted by Crippen LogP contribution is -2.46. The Hall–Kier alpha value is -3.58. The molecule has 0 fully saturated rings. The zero-order valence-electron chi connectivity index (χ0n) is 20.8. The van der Waals surface area contributed by atoms with Gasteiger partial charge in [-0.1, -0.05) is 56.3 Å². The third kappa shape index (κ3) is 8.30. The van der Waals surface area contributed by atoms with Crippen LogP contribution in [-0.2, 0) is 22.5 Å². The van der Waals surface area contributed by atoms with Gasteiger partial charge in [-0.3, -0.25) is 4.79 Å². The van der Waals surface area contributed by atoms with E-state index in [9.17, 15) is 9.59 Å².